The van der Waals surface area contributed by atoms with Crippen LogP contribution < -0.4 is 15.0 Å². The van der Waals surface area contributed by atoms with Crippen molar-refractivity contribution in [2.75, 3.05) is 44.2 Å². The number of benzene rings is 3. The molecule has 3 aromatic carbocycles. The smallest absolute Gasteiger partial charge is 0.281 e. The van der Waals surface area contributed by atoms with Crippen molar-refractivity contribution in [3.05, 3.63) is 119 Å². The normalized spacial score (nSPS) is 25.7. The van der Waals surface area contributed by atoms with E-state index in [4.69, 9.17) is 4.74 Å². The van der Waals surface area contributed by atoms with Gasteiger partial charge in [-0.2, -0.15) is 0 Å². The molecule has 2 saturated heterocycles. The molecule has 5 atom stereocenters. The molecular weight excluding hydrogens is 703 g/mol. The summed E-state index contributed by atoms with van der Waals surface area (Å²) in [4.78, 5) is 43.1. The monoisotopic (exact) mass is 750 g/mol. The molecule has 0 spiro atoms. The molecule has 5 aliphatic rings. The maximum Gasteiger partial charge on any atom is 0.281 e. The molecule has 288 valence electrons. The number of carbonyl (C=O) groups excluding carboxylic acids is 3. The number of piperidine rings is 1. The third-order valence-electron chi connectivity index (χ3n) is 12.2. The van der Waals surface area contributed by atoms with Crippen LogP contribution in [0.4, 0.5) is 14.5 Å². The second-order valence-electron chi connectivity index (χ2n) is 15.7. The number of rotatable bonds is 11. The maximum absolute atomic E-state index is 15.0. The Labute approximate surface area is 320 Å². The van der Waals surface area contributed by atoms with Crippen LogP contribution in [0.5, 0.6) is 5.75 Å². The molecule has 0 radical (unpaired) electrons. The standard InChI is InChI=1S/C44H48F2N4O5/c45-44(46,28-55-35-12-7-30(8-13-35)41-36(29-5-2-1-3-6-29)14-9-31-26-34(51)11-16-37(31)41)19-4-20-48-21-23-49(24-22-48)33-10-15-38-32(25-33)27-50(43(38)54)39-17-18-40(52)47-42(39)53/h1-3,5-8,10-13,15-16,25-26,31,36-37,39,41,51H,4,9,14,17-24,27-28H2,(H,47,52,53)/t31?,36-,37?,39?,41+/m1/s1. The van der Waals surface area contributed by atoms with E-state index in [2.05, 4.69) is 45.5 Å². The summed E-state index contributed by atoms with van der Waals surface area (Å²) in [7, 11) is 0. The number of aliphatic hydroxyl groups excluding tert-OH is 1. The van der Waals surface area contributed by atoms with Gasteiger partial charge in [-0.25, -0.2) is 8.78 Å². The number of fused-ring (bicyclic) bond motifs is 2. The number of halogens is 2. The van der Waals surface area contributed by atoms with Crippen LogP contribution in [0.1, 0.15) is 77.4 Å². The first-order valence-corrected chi connectivity index (χ1v) is 19.6. The molecule has 3 aliphatic heterocycles. The molecule has 2 aliphatic carbocycles. The van der Waals surface area contributed by atoms with Crippen LogP contribution in [0, 0.1) is 11.8 Å². The summed E-state index contributed by atoms with van der Waals surface area (Å²) >= 11 is 0. The topological polar surface area (TPSA) is 102 Å². The van der Waals surface area contributed by atoms with Crippen molar-refractivity contribution in [2.24, 2.45) is 11.8 Å². The summed E-state index contributed by atoms with van der Waals surface area (Å²) in [5.41, 5.74) is 4.88. The van der Waals surface area contributed by atoms with Crippen molar-refractivity contribution in [3.63, 3.8) is 0 Å². The van der Waals surface area contributed by atoms with E-state index >= 15 is 8.78 Å². The molecule has 0 bridgehead atoms. The van der Waals surface area contributed by atoms with Crippen molar-refractivity contribution >= 4 is 23.4 Å². The van der Waals surface area contributed by atoms with Crippen LogP contribution in [0.25, 0.3) is 0 Å². The third-order valence-corrected chi connectivity index (χ3v) is 12.2. The molecule has 3 amide bonds. The highest BCUT2D eigenvalue weighted by Gasteiger charge is 2.41. The minimum atomic E-state index is -2.96. The Bertz CT molecular complexity index is 1960. The maximum atomic E-state index is 15.0. The average molecular weight is 751 g/mol. The Kier molecular flexibility index (Phi) is 10.5. The van der Waals surface area contributed by atoms with E-state index in [1.54, 1.807) is 11.0 Å². The van der Waals surface area contributed by atoms with Crippen LogP contribution in [0.2, 0.25) is 0 Å². The molecule has 8 rings (SSSR count). The zero-order chi connectivity index (χ0) is 38.1. The summed E-state index contributed by atoms with van der Waals surface area (Å²) in [5.74, 6) is -2.14. The van der Waals surface area contributed by atoms with Crippen molar-refractivity contribution in [1.29, 1.82) is 0 Å². The van der Waals surface area contributed by atoms with E-state index in [0.717, 1.165) is 55.8 Å². The summed E-state index contributed by atoms with van der Waals surface area (Å²) in [5, 5.41) is 12.5. The predicted molar refractivity (Wildman–Crippen MR) is 205 cm³/mol. The number of hydrogen-bond acceptors (Lipinski definition) is 7. The molecular formula is C44H48F2N4O5. The van der Waals surface area contributed by atoms with Gasteiger partial charge in [-0.1, -0.05) is 48.5 Å². The Morgan fingerprint density at radius 3 is 2.44 bits per heavy atom. The van der Waals surface area contributed by atoms with Gasteiger partial charge in [0.25, 0.3) is 11.8 Å². The van der Waals surface area contributed by atoms with E-state index < -0.39 is 24.5 Å². The number of piperazine rings is 1. The highest BCUT2D eigenvalue weighted by Crippen LogP contribution is 2.52. The first-order chi connectivity index (χ1) is 26.6. The first-order valence-electron chi connectivity index (χ1n) is 19.6. The van der Waals surface area contributed by atoms with Gasteiger partial charge in [0.2, 0.25) is 11.8 Å². The van der Waals surface area contributed by atoms with Gasteiger partial charge < -0.3 is 19.6 Å². The van der Waals surface area contributed by atoms with Gasteiger partial charge in [-0.15, -0.1) is 0 Å². The number of carbonyl (C=O) groups is 3. The van der Waals surface area contributed by atoms with Gasteiger partial charge in [-0.05, 0) is 115 Å². The number of hydrogen-bond donors (Lipinski definition) is 2. The van der Waals surface area contributed by atoms with Crippen LogP contribution in [0.15, 0.2) is 96.8 Å². The summed E-state index contributed by atoms with van der Waals surface area (Å²) in [6.45, 7) is 3.20. The third kappa shape index (κ3) is 8.03. The van der Waals surface area contributed by atoms with Gasteiger partial charge in [0.05, 0.1) is 0 Å². The fraction of sp³-hybridized carbons (Fsp3) is 0.432. The quantitative estimate of drug-likeness (QED) is 0.204. The minimum Gasteiger partial charge on any atom is -0.508 e. The molecule has 3 heterocycles. The van der Waals surface area contributed by atoms with Crippen molar-refractivity contribution < 1.29 is 33.0 Å². The Morgan fingerprint density at radius 2 is 1.67 bits per heavy atom. The second-order valence-corrected chi connectivity index (χ2v) is 15.7. The van der Waals surface area contributed by atoms with Gasteiger partial charge >= 0.3 is 0 Å². The molecule has 2 N–H and O–H groups in total. The number of amides is 3. The zero-order valence-electron chi connectivity index (χ0n) is 30.9. The second kappa shape index (κ2) is 15.6. The molecule has 55 heavy (non-hydrogen) atoms. The summed E-state index contributed by atoms with van der Waals surface area (Å²) < 4.78 is 35.7. The Hall–Kier alpha value is -5.03. The van der Waals surface area contributed by atoms with Crippen molar-refractivity contribution in [2.45, 2.75) is 68.9 Å². The van der Waals surface area contributed by atoms with Crippen LogP contribution >= 0.6 is 0 Å². The lowest BCUT2D eigenvalue weighted by atomic mass is 9.61. The van der Waals surface area contributed by atoms with Crippen LogP contribution in [-0.2, 0) is 16.1 Å². The fourth-order valence-electron chi connectivity index (χ4n) is 9.34. The van der Waals surface area contributed by atoms with E-state index in [-0.39, 0.29) is 42.4 Å². The number of nitrogens with zero attached hydrogens (tertiary/aromatic N) is 3. The highest BCUT2D eigenvalue weighted by molar-refractivity contribution is 6.05. The number of nitrogens with one attached hydrogen (secondary N) is 1. The highest BCUT2D eigenvalue weighted by atomic mass is 19.3. The van der Waals surface area contributed by atoms with E-state index in [9.17, 15) is 19.5 Å². The number of alkyl halides is 2. The van der Waals surface area contributed by atoms with Crippen molar-refractivity contribution in [3.8, 4) is 5.75 Å². The number of aliphatic hydroxyl groups is 1. The number of imide groups is 1. The number of ether oxygens (including phenoxy) is 1. The SMILES string of the molecule is O=C1CCC(N2Cc3cc(N4CCN(CCCC(F)(F)COc5ccc([C@@H]6C7C=CC(O)=CC7CC[C@@H]6c6ccccc6)cc5)CC4)ccc3C2=O)C(=O)N1. The van der Waals surface area contributed by atoms with Gasteiger partial charge in [0.1, 0.15) is 17.6 Å². The molecule has 9 nitrogen and oxygen atoms in total. The zero-order valence-corrected chi connectivity index (χ0v) is 30.9. The van der Waals surface area contributed by atoms with Gasteiger partial charge in [0.15, 0.2) is 6.61 Å². The van der Waals surface area contributed by atoms with E-state index in [0.29, 0.717) is 48.9 Å². The Balaban J connectivity index is 0.800. The Morgan fingerprint density at radius 1 is 0.891 bits per heavy atom. The fourth-order valence-corrected chi connectivity index (χ4v) is 9.34. The van der Waals surface area contributed by atoms with Crippen LogP contribution in [-0.4, -0.2) is 83.9 Å². The number of anilines is 1. The molecule has 3 fully saturated rings. The van der Waals surface area contributed by atoms with E-state index in [1.165, 1.54) is 5.56 Å². The lowest BCUT2D eigenvalue weighted by molar-refractivity contribution is -0.136. The van der Waals surface area contributed by atoms with E-state index in [1.807, 2.05) is 54.6 Å². The minimum absolute atomic E-state index is 0.191. The first kappa shape index (κ1) is 36.9. The summed E-state index contributed by atoms with van der Waals surface area (Å²) in [6, 6.07) is 23.3. The lowest BCUT2D eigenvalue weighted by Crippen LogP contribution is -2.52. The molecule has 3 aromatic rings. The molecule has 11 heteroatoms. The molecule has 3 unspecified atom stereocenters. The summed E-state index contributed by atoms with van der Waals surface area (Å²) in [6.07, 6.45) is 8.54. The van der Waals surface area contributed by atoms with Gasteiger partial charge in [0, 0.05) is 56.8 Å². The van der Waals surface area contributed by atoms with Crippen molar-refractivity contribution in [1.82, 2.24) is 15.1 Å². The largest absolute Gasteiger partial charge is 0.508 e. The lowest BCUT2D eigenvalue weighted by Gasteiger charge is -2.43. The van der Waals surface area contributed by atoms with Gasteiger partial charge in [-0.3, -0.25) is 24.6 Å². The van der Waals surface area contributed by atoms with Crippen LogP contribution in [0.3, 0.4) is 0 Å². The molecule has 1 saturated carbocycles. The predicted octanol–water partition coefficient (Wildman–Crippen LogP) is 6.97. The average Bonchev–Trinajstić information content (AvgIpc) is 3.52. The molecule has 0 aromatic heterocycles. The number of allylic oxidation sites excluding steroid dienone is 3.